The van der Waals surface area contributed by atoms with Gasteiger partial charge in [-0.25, -0.2) is 0 Å². The van der Waals surface area contributed by atoms with Gasteiger partial charge in [0.15, 0.2) is 0 Å². The molecule has 0 amide bonds. The van der Waals surface area contributed by atoms with Gasteiger partial charge in [-0.15, -0.1) is 0 Å². The van der Waals surface area contributed by atoms with Crippen molar-refractivity contribution in [3.8, 4) is 11.5 Å². The van der Waals surface area contributed by atoms with Gasteiger partial charge in [-0.3, -0.25) is 4.79 Å². The Balaban J connectivity index is 2.59. The van der Waals surface area contributed by atoms with E-state index in [2.05, 4.69) is 18.0 Å². The lowest BCUT2D eigenvalue weighted by Gasteiger charge is -2.16. The van der Waals surface area contributed by atoms with E-state index in [0.717, 1.165) is 45.9 Å². The quantitative estimate of drug-likeness (QED) is 0.914. The van der Waals surface area contributed by atoms with E-state index in [1.54, 1.807) is 0 Å². The van der Waals surface area contributed by atoms with Crippen molar-refractivity contribution in [1.82, 2.24) is 4.98 Å². The fraction of sp³-hybridized carbons (Fsp3) is 0.389. The first-order chi connectivity index (χ1) is 9.96. The van der Waals surface area contributed by atoms with Crippen molar-refractivity contribution < 1.29 is 4.74 Å². The fourth-order valence-corrected chi connectivity index (χ4v) is 2.76. The Bertz CT molecular complexity index is 694. The largest absolute Gasteiger partial charge is 0.457 e. The number of H-pyrrole nitrogens is 1. The van der Waals surface area contributed by atoms with E-state index in [1.165, 1.54) is 0 Å². The van der Waals surface area contributed by atoms with Crippen LogP contribution in [0.1, 0.15) is 41.8 Å². The molecule has 2 aromatic rings. The van der Waals surface area contributed by atoms with Crippen LogP contribution in [0.15, 0.2) is 23.0 Å². The van der Waals surface area contributed by atoms with E-state index in [0.29, 0.717) is 6.42 Å². The Morgan fingerprint density at radius 1 is 0.952 bits per heavy atom. The van der Waals surface area contributed by atoms with Crippen LogP contribution in [0.2, 0.25) is 0 Å². The average molecular weight is 285 g/mol. The van der Waals surface area contributed by atoms with Crippen LogP contribution in [0.25, 0.3) is 0 Å². The van der Waals surface area contributed by atoms with E-state index in [9.17, 15) is 4.79 Å². The number of hydrogen-bond acceptors (Lipinski definition) is 2. The Morgan fingerprint density at radius 2 is 1.52 bits per heavy atom. The SMILES string of the molecule is CCc1c(C)[nH]c(=O)c(CC)c1Oc1cc(C)cc(C)c1. The molecule has 0 atom stereocenters. The summed E-state index contributed by atoms with van der Waals surface area (Å²) >= 11 is 0. The lowest BCUT2D eigenvalue weighted by Crippen LogP contribution is -2.17. The van der Waals surface area contributed by atoms with Crippen LogP contribution in [0.4, 0.5) is 0 Å². The van der Waals surface area contributed by atoms with Crippen molar-refractivity contribution in [1.29, 1.82) is 0 Å². The van der Waals surface area contributed by atoms with Crippen molar-refractivity contribution >= 4 is 0 Å². The van der Waals surface area contributed by atoms with Crippen molar-refractivity contribution in [2.45, 2.75) is 47.5 Å². The van der Waals surface area contributed by atoms with E-state index < -0.39 is 0 Å². The monoisotopic (exact) mass is 285 g/mol. The zero-order valence-corrected chi connectivity index (χ0v) is 13.5. The van der Waals surface area contributed by atoms with Crippen molar-refractivity contribution in [2.24, 2.45) is 0 Å². The van der Waals surface area contributed by atoms with Gasteiger partial charge in [-0.05, 0) is 56.9 Å². The summed E-state index contributed by atoms with van der Waals surface area (Å²) in [5.41, 5.74) is 4.94. The van der Waals surface area contributed by atoms with E-state index >= 15 is 0 Å². The molecular weight excluding hydrogens is 262 g/mol. The first-order valence-electron chi connectivity index (χ1n) is 7.47. The average Bonchev–Trinajstić information content (AvgIpc) is 2.37. The van der Waals surface area contributed by atoms with Gasteiger partial charge >= 0.3 is 0 Å². The van der Waals surface area contributed by atoms with E-state index in [1.807, 2.05) is 39.8 Å². The number of benzene rings is 1. The summed E-state index contributed by atoms with van der Waals surface area (Å²) in [6.07, 6.45) is 1.48. The Kier molecular flexibility index (Phi) is 4.51. The smallest absolute Gasteiger partial charge is 0.255 e. The van der Waals surface area contributed by atoms with Gasteiger partial charge in [0.05, 0.1) is 5.56 Å². The molecule has 0 aliphatic rings. The summed E-state index contributed by atoms with van der Waals surface area (Å²) in [7, 11) is 0. The summed E-state index contributed by atoms with van der Waals surface area (Å²) in [5, 5.41) is 0. The zero-order chi connectivity index (χ0) is 15.6. The van der Waals surface area contributed by atoms with Gasteiger partial charge < -0.3 is 9.72 Å². The summed E-state index contributed by atoms with van der Waals surface area (Å²) in [5.74, 6) is 1.52. The van der Waals surface area contributed by atoms with Gasteiger partial charge in [0, 0.05) is 11.3 Å². The number of pyridine rings is 1. The minimum atomic E-state index is -0.0495. The van der Waals surface area contributed by atoms with Gasteiger partial charge in [0.1, 0.15) is 11.5 Å². The van der Waals surface area contributed by atoms with E-state index in [-0.39, 0.29) is 5.56 Å². The van der Waals surface area contributed by atoms with Gasteiger partial charge in [0.2, 0.25) is 0 Å². The van der Waals surface area contributed by atoms with Gasteiger partial charge in [0.25, 0.3) is 5.56 Å². The molecule has 0 aliphatic heterocycles. The normalized spacial score (nSPS) is 10.7. The highest BCUT2D eigenvalue weighted by atomic mass is 16.5. The predicted molar refractivity (Wildman–Crippen MR) is 86.5 cm³/mol. The number of rotatable bonds is 4. The molecule has 1 heterocycles. The number of nitrogens with one attached hydrogen (secondary N) is 1. The van der Waals surface area contributed by atoms with Crippen LogP contribution < -0.4 is 10.3 Å². The van der Waals surface area contributed by atoms with Gasteiger partial charge in [-0.2, -0.15) is 0 Å². The number of ether oxygens (including phenoxy) is 1. The van der Waals surface area contributed by atoms with E-state index in [4.69, 9.17) is 4.74 Å². The second kappa shape index (κ2) is 6.17. The Labute approximate surface area is 126 Å². The molecule has 0 saturated heterocycles. The fourth-order valence-electron chi connectivity index (χ4n) is 2.76. The van der Waals surface area contributed by atoms with Crippen LogP contribution in [0.3, 0.4) is 0 Å². The Hall–Kier alpha value is -2.03. The maximum Gasteiger partial charge on any atom is 0.255 e. The van der Waals surface area contributed by atoms with Crippen molar-refractivity contribution in [3.63, 3.8) is 0 Å². The number of aromatic nitrogens is 1. The molecule has 0 spiro atoms. The van der Waals surface area contributed by atoms with Gasteiger partial charge in [-0.1, -0.05) is 19.9 Å². The minimum absolute atomic E-state index is 0.0495. The Morgan fingerprint density at radius 3 is 2.05 bits per heavy atom. The molecular formula is C18H23NO2. The summed E-state index contributed by atoms with van der Waals surface area (Å²) in [6.45, 7) is 10.1. The number of aromatic amines is 1. The summed E-state index contributed by atoms with van der Waals surface area (Å²) < 4.78 is 6.13. The highest BCUT2D eigenvalue weighted by molar-refractivity contribution is 5.46. The molecule has 1 aromatic carbocycles. The first kappa shape index (κ1) is 15.4. The van der Waals surface area contributed by atoms with Crippen LogP contribution in [0, 0.1) is 20.8 Å². The molecule has 0 aliphatic carbocycles. The molecule has 112 valence electrons. The number of hydrogen-bond donors (Lipinski definition) is 1. The highest BCUT2D eigenvalue weighted by Crippen LogP contribution is 2.30. The molecule has 0 unspecified atom stereocenters. The molecule has 1 aromatic heterocycles. The maximum absolute atomic E-state index is 12.1. The molecule has 3 heteroatoms. The topological polar surface area (TPSA) is 42.1 Å². The molecule has 0 saturated carbocycles. The summed E-state index contributed by atoms with van der Waals surface area (Å²) in [6, 6.07) is 6.11. The molecule has 0 fully saturated rings. The molecule has 0 bridgehead atoms. The second-order valence-electron chi connectivity index (χ2n) is 5.50. The standard InChI is InChI=1S/C18H23NO2/c1-6-15-13(5)19-18(20)16(7-2)17(15)21-14-9-11(3)8-12(4)10-14/h8-10H,6-7H2,1-5H3,(H,19,20). The molecule has 21 heavy (non-hydrogen) atoms. The third kappa shape index (κ3) is 3.18. The second-order valence-corrected chi connectivity index (χ2v) is 5.50. The predicted octanol–water partition coefficient (Wildman–Crippen LogP) is 4.22. The molecule has 3 nitrogen and oxygen atoms in total. The summed E-state index contributed by atoms with van der Waals surface area (Å²) in [4.78, 5) is 15.1. The molecule has 1 N–H and O–H groups in total. The third-order valence-corrected chi connectivity index (χ3v) is 3.70. The van der Waals surface area contributed by atoms with Crippen LogP contribution >= 0.6 is 0 Å². The minimum Gasteiger partial charge on any atom is -0.457 e. The molecule has 2 rings (SSSR count). The third-order valence-electron chi connectivity index (χ3n) is 3.70. The van der Waals surface area contributed by atoms with Crippen LogP contribution in [0.5, 0.6) is 11.5 Å². The van der Waals surface area contributed by atoms with Crippen molar-refractivity contribution in [2.75, 3.05) is 0 Å². The lowest BCUT2D eigenvalue weighted by atomic mass is 10.0. The first-order valence-corrected chi connectivity index (χ1v) is 7.47. The van der Waals surface area contributed by atoms with Crippen molar-refractivity contribution in [3.05, 3.63) is 56.5 Å². The number of aryl methyl sites for hydroxylation is 3. The van der Waals surface area contributed by atoms with Crippen LogP contribution in [-0.2, 0) is 12.8 Å². The van der Waals surface area contributed by atoms with Crippen LogP contribution in [-0.4, -0.2) is 4.98 Å². The highest BCUT2D eigenvalue weighted by Gasteiger charge is 2.16. The lowest BCUT2D eigenvalue weighted by molar-refractivity contribution is 0.467. The zero-order valence-electron chi connectivity index (χ0n) is 13.5. The molecule has 0 radical (unpaired) electrons. The maximum atomic E-state index is 12.1.